The highest BCUT2D eigenvalue weighted by Crippen LogP contribution is 2.27. The maximum Gasteiger partial charge on any atom is 0.0786 e. The summed E-state index contributed by atoms with van der Waals surface area (Å²) in [4.78, 5) is 2.69. The van der Waals surface area contributed by atoms with E-state index in [1.807, 2.05) is 0 Å². The molecule has 0 aromatic rings. The molecule has 0 radical (unpaired) electrons. The van der Waals surface area contributed by atoms with Crippen LogP contribution >= 0.6 is 0 Å². The van der Waals surface area contributed by atoms with E-state index in [4.69, 9.17) is 0 Å². The van der Waals surface area contributed by atoms with Crippen LogP contribution in [0.15, 0.2) is 11.8 Å². The first-order valence-electron chi connectivity index (χ1n) is 7.62. The van der Waals surface area contributed by atoms with Crippen LogP contribution in [0.1, 0.15) is 46.5 Å². The average molecular weight is 254 g/mol. The molecule has 0 spiro atoms. The van der Waals surface area contributed by atoms with Crippen molar-refractivity contribution >= 4 is 8.07 Å². The molecule has 0 aromatic carbocycles. The normalized spacial score (nSPS) is 18.3. The topological polar surface area (TPSA) is 3.24 Å². The molecule has 1 fully saturated rings. The Kier molecular flexibility index (Phi) is 7.13. The van der Waals surface area contributed by atoms with Crippen molar-refractivity contribution in [2.75, 3.05) is 19.6 Å². The van der Waals surface area contributed by atoms with Crippen LogP contribution in [-0.2, 0) is 0 Å². The lowest BCUT2D eigenvalue weighted by atomic mass is 10.4. The number of likely N-dealkylation sites (tertiary alicyclic amines) is 1. The molecule has 0 bridgehead atoms. The summed E-state index contributed by atoms with van der Waals surface area (Å²) in [7, 11) is -1.09. The van der Waals surface area contributed by atoms with Gasteiger partial charge in [-0.2, -0.15) is 0 Å². The van der Waals surface area contributed by atoms with Crippen LogP contribution in [0.4, 0.5) is 0 Å². The van der Waals surface area contributed by atoms with E-state index in [-0.39, 0.29) is 0 Å². The maximum atomic E-state index is 2.69. The Morgan fingerprint density at radius 2 is 1.59 bits per heavy atom. The Morgan fingerprint density at radius 3 is 2.06 bits per heavy atom. The van der Waals surface area contributed by atoms with Gasteiger partial charge in [0.05, 0.1) is 8.07 Å². The molecule has 17 heavy (non-hydrogen) atoms. The summed E-state index contributed by atoms with van der Waals surface area (Å²) in [5.41, 5.74) is 2.63. The Balaban J connectivity index is 2.52. The molecule has 100 valence electrons. The van der Waals surface area contributed by atoms with E-state index in [1.165, 1.54) is 63.4 Å². The Bertz CT molecular complexity index is 213. The van der Waals surface area contributed by atoms with Crippen molar-refractivity contribution in [1.29, 1.82) is 0 Å². The van der Waals surface area contributed by atoms with Gasteiger partial charge in [0.1, 0.15) is 0 Å². The highest BCUT2D eigenvalue weighted by molar-refractivity contribution is 6.84. The molecular formula is C15H31NSi. The maximum absolute atomic E-state index is 2.69. The average Bonchev–Trinajstić information content (AvgIpc) is 2.80. The predicted octanol–water partition coefficient (Wildman–Crippen LogP) is 4.47. The minimum atomic E-state index is -1.09. The molecule has 0 atom stereocenters. The van der Waals surface area contributed by atoms with Crippen molar-refractivity contribution in [3.8, 4) is 0 Å². The summed E-state index contributed by atoms with van der Waals surface area (Å²) in [6.45, 7) is 11.0. The molecule has 1 heterocycles. The van der Waals surface area contributed by atoms with Crippen LogP contribution < -0.4 is 0 Å². The lowest BCUT2D eigenvalue weighted by Gasteiger charge is -2.30. The van der Waals surface area contributed by atoms with E-state index in [0.717, 1.165) is 0 Å². The summed E-state index contributed by atoms with van der Waals surface area (Å²) in [5, 5.41) is 0. The number of nitrogens with zero attached hydrogens (tertiary/aromatic N) is 1. The Labute approximate surface area is 109 Å². The fraction of sp³-hybridized carbons (Fsp3) is 0.867. The zero-order valence-electron chi connectivity index (χ0n) is 12.2. The number of hydrogen-bond acceptors (Lipinski definition) is 1. The van der Waals surface area contributed by atoms with E-state index in [0.29, 0.717) is 0 Å². The largest absolute Gasteiger partial charge is 0.304 e. The SMILES string of the molecule is C/C=C\[Si](CCC)(CCC)CCN1CCCC1. The molecule has 1 aliphatic heterocycles. The van der Waals surface area contributed by atoms with Crippen molar-refractivity contribution in [1.82, 2.24) is 4.90 Å². The molecule has 1 aliphatic rings. The van der Waals surface area contributed by atoms with Gasteiger partial charge in [0.2, 0.25) is 0 Å². The van der Waals surface area contributed by atoms with Crippen LogP contribution in [0.5, 0.6) is 0 Å². The molecule has 0 saturated carbocycles. The quantitative estimate of drug-likeness (QED) is 0.577. The second kappa shape index (κ2) is 8.10. The molecule has 0 amide bonds. The monoisotopic (exact) mass is 253 g/mol. The third kappa shape index (κ3) is 4.97. The first kappa shape index (κ1) is 15.0. The van der Waals surface area contributed by atoms with Crippen LogP contribution in [-0.4, -0.2) is 32.6 Å². The zero-order chi connectivity index (χ0) is 12.6. The summed E-state index contributed by atoms with van der Waals surface area (Å²) < 4.78 is 0. The number of allylic oxidation sites excluding steroid dienone is 1. The van der Waals surface area contributed by atoms with Gasteiger partial charge in [-0.25, -0.2) is 0 Å². The summed E-state index contributed by atoms with van der Waals surface area (Å²) in [6.07, 6.45) is 7.94. The smallest absolute Gasteiger partial charge is 0.0786 e. The molecular weight excluding hydrogens is 222 g/mol. The molecule has 0 aliphatic carbocycles. The van der Waals surface area contributed by atoms with E-state index < -0.39 is 8.07 Å². The lowest BCUT2D eigenvalue weighted by Crippen LogP contribution is -2.36. The minimum absolute atomic E-state index is 1.09. The van der Waals surface area contributed by atoms with Crippen molar-refractivity contribution in [2.24, 2.45) is 0 Å². The summed E-state index contributed by atoms with van der Waals surface area (Å²) in [6, 6.07) is 4.50. The van der Waals surface area contributed by atoms with E-state index >= 15 is 0 Å². The van der Waals surface area contributed by atoms with Crippen LogP contribution in [0, 0.1) is 0 Å². The Morgan fingerprint density at radius 1 is 1.00 bits per heavy atom. The van der Waals surface area contributed by atoms with Gasteiger partial charge in [-0.1, -0.05) is 50.6 Å². The van der Waals surface area contributed by atoms with E-state index in [2.05, 4.69) is 37.4 Å². The van der Waals surface area contributed by atoms with Crippen molar-refractivity contribution in [3.63, 3.8) is 0 Å². The van der Waals surface area contributed by atoms with Gasteiger partial charge in [-0.3, -0.25) is 0 Å². The van der Waals surface area contributed by atoms with Gasteiger partial charge >= 0.3 is 0 Å². The Hall–Kier alpha value is -0.0831. The highest BCUT2D eigenvalue weighted by Gasteiger charge is 2.28. The van der Waals surface area contributed by atoms with Crippen LogP contribution in [0.2, 0.25) is 18.1 Å². The number of rotatable bonds is 8. The predicted molar refractivity (Wildman–Crippen MR) is 81.2 cm³/mol. The first-order valence-corrected chi connectivity index (χ1v) is 10.3. The van der Waals surface area contributed by atoms with Gasteiger partial charge in [0.25, 0.3) is 0 Å². The minimum Gasteiger partial charge on any atom is -0.304 e. The van der Waals surface area contributed by atoms with Crippen LogP contribution in [0.3, 0.4) is 0 Å². The second-order valence-corrected chi connectivity index (χ2v) is 10.2. The molecule has 2 heteroatoms. The summed E-state index contributed by atoms with van der Waals surface area (Å²) >= 11 is 0. The van der Waals surface area contributed by atoms with Crippen molar-refractivity contribution in [2.45, 2.75) is 64.6 Å². The third-order valence-electron chi connectivity index (χ3n) is 4.14. The second-order valence-electron chi connectivity index (χ2n) is 5.66. The van der Waals surface area contributed by atoms with Gasteiger partial charge < -0.3 is 4.90 Å². The lowest BCUT2D eigenvalue weighted by molar-refractivity contribution is 0.357. The molecule has 0 N–H and O–H groups in total. The number of hydrogen-bond donors (Lipinski definition) is 0. The van der Waals surface area contributed by atoms with Crippen molar-refractivity contribution < 1.29 is 0 Å². The van der Waals surface area contributed by atoms with Gasteiger partial charge in [0.15, 0.2) is 0 Å². The van der Waals surface area contributed by atoms with E-state index in [1.54, 1.807) is 0 Å². The van der Waals surface area contributed by atoms with Crippen LogP contribution in [0.25, 0.3) is 0 Å². The van der Waals surface area contributed by atoms with Gasteiger partial charge in [-0.05, 0) is 45.4 Å². The molecule has 1 saturated heterocycles. The molecule has 0 unspecified atom stereocenters. The zero-order valence-corrected chi connectivity index (χ0v) is 13.2. The first-order chi connectivity index (χ1) is 8.26. The molecule has 1 rings (SSSR count). The van der Waals surface area contributed by atoms with E-state index in [9.17, 15) is 0 Å². The van der Waals surface area contributed by atoms with Crippen molar-refractivity contribution in [3.05, 3.63) is 11.8 Å². The van der Waals surface area contributed by atoms with Gasteiger partial charge in [0, 0.05) is 0 Å². The highest BCUT2D eigenvalue weighted by atomic mass is 28.3. The fourth-order valence-corrected chi connectivity index (χ4v) is 8.07. The fourth-order valence-electron chi connectivity index (χ4n) is 3.36. The molecule has 1 nitrogen and oxygen atoms in total. The van der Waals surface area contributed by atoms with Gasteiger partial charge in [-0.15, -0.1) is 0 Å². The summed E-state index contributed by atoms with van der Waals surface area (Å²) in [5.74, 6) is 0. The standard InChI is InChI=1S/C15H31NSi/c1-4-12-17(13-5-2,14-6-3)15-11-16-9-7-8-10-16/h4,12H,5-11,13-15H2,1-3H3/b12-4-. The molecule has 0 aromatic heterocycles. The third-order valence-corrected chi connectivity index (χ3v) is 9.39.